The summed E-state index contributed by atoms with van der Waals surface area (Å²) in [6.07, 6.45) is 2.34. The Labute approximate surface area is 191 Å². The number of nitrogens with one attached hydrogen (secondary N) is 1. The molecule has 1 aliphatic heterocycles. The normalized spacial score (nSPS) is 16.1. The third kappa shape index (κ3) is 5.35. The Morgan fingerprint density at radius 3 is 2.81 bits per heavy atom. The summed E-state index contributed by atoms with van der Waals surface area (Å²) in [6.45, 7) is 7.20. The van der Waals surface area contributed by atoms with Crippen molar-refractivity contribution in [1.29, 1.82) is 0 Å². The molecule has 31 heavy (non-hydrogen) atoms. The zero-order valence-corrected chi connectivity index (χ0v) is 19.9. The molecular weight excluding hydrogens is 456 g/mol. The van der Waals surface area contributed by atoms with Gasteiger partial charge in [-0.3, -0.25) is 0 Å². The molecule has 1 aliphatic rings. The van der Waals surface area contributed by atoms with Gasteiger partial charge in [-0.2, -0.15) is 4.98 Å². The number of piperidine rings is 1. The van der Waals surface area contributed by atoms with Gasteiger partial charge in [0.2, 0.25) is 15.8 Å². The number of benzene rings is 1. The largest absolute Gasteiger partial charge is 0.333 e. The molecule has 0 spiro atoms. The van der Waals surface area contributed by atoms with Crippen LogP contribution in [0, 0.1) is 12.8 Å². The van der Waals surface area contributed by atoms with Crippen LogP contribution in [0.1, 0.15) is 24.6 Å². The van der Waals surface area contributed by atoms with Crippen molar-refractivity contribution >= 4 is 33.0 Å². The summed E-state index contributed by atoms with van der Waals surface area (Å²) < 4.78 is 33.8. The molecule has 1 fully saturated rings. The van der Waals surface area contributed by atoms with Gasteiger partial charge < -0.3 is 9.42 Å². The number of rotatable bonds is 7. The van der Waals surface area contributed by atoms with E-state index in [2.05, 4.69) is 26.7 Å². The van der Waals surface area contributed by atoms with Crippen LogP contribution in [0.5, 0.6) is 0 Å². The Morgan fingerprint density at radius 1 is 1.29 bits per heavy atom. The number of aromatic nitrogens is 2. The second-order valence-corrected chi connectivity index (χ2v) is 11.3. The molecule has 10 heteroatoms. The first-order valence-electron chi connectivity index (χ1n) is 10.2. The molecule has 3 aromatic rings. The summed E-state index contributed by atoms with van der Waals surface area (Å²) in [4.78, 5) is 8.26. The highest BCUT2D eigenvalue weighted by Gasteiger charge is 2.23. The Balaban J connectivity index is 1.44. The third-order valence-electron chi connectivity index (χ3n) is 5.48. The van der Waals surface area contributed by atoms with Gasteiger partial charge in [0.25, 0.3) is 5.89 Å². The SMILES string of the molecule is Cc1sc(-c2nc(-c3cccc(Cl)c3)no2)cc1S(=O)(=O)NCCN1CCC(C)CC1. The molecule has 0 amide bonds. The van der Waals surface area contributed by atoms with Gasteiger partial charge in [-0.15, -0.1) is 11.3 Å². The summed E-state index contributed by atoms with van der Waals surface area (Å²) in [5.74, 6) is 1.44. The van der Waals surface area contributed by atoms with Gasteiger partial charge in [0.05, 0.1) is 9.77 Å². The zero-order valence-electron chi connectivity index (χ0n) is 17.5. The maximum atomic E-state index is 12.9. The highest BCUT2D eigenvalue weighted by atomic mass is 35.5. The predicted molar refractivity (Wildman–Crippen MR) is 123 cm³/mol. The zero-order chi connectivity index (χ0) is 22.0. The van der Waals surface area contributed by atoms with Gasteiger partial charge in [0.1, 0.15) is 0 Å². The number of hydrogen-bond donors (Lipinski definition) is 1. The van der Waals surface area contributed by atoms with Crippen molar-refractivity contribution in [2.75, 3.05) is 26.2 Å². The fourth-order valence-electron chi connectivity index (χ4n) is 3.61. The first-order chi connectivity index (χ1) is 14.8. The van der Waals surface area contributed by atoms with Crippen molar-refractivity contribution in [3.05, 3.63) is 40.2 Å². The van der Waals surface area contributed by atoms with Crippen LogP contribution in [-0.4, -0.2) is 49.6 Å². The van der Waals surface area contributed by atoms with Gasteiger partial charge in [0.15, 0.2) is 0 Å². The molecule has 1 aromatic carbocycles. The molecule has 0 radical (unpaired) electrons. The molecule has 0 unspecified atom stereocenters. The third-order valence-corrected chi connectivity index (χ3v) is 8.47. The fourth-order valence-corrected chi connectivity index (χ4v) is 6.33. The van der Waals surface area contributed by atoms with Crippen molar-refractivity contribution in [3.63, 3.8) is 0 Å². The van der Waals surface area contributed by atoms with Crippen LogP contribution in [0.2, 0.25) is 5.02 Å². The average molecular weight is 481 g/mol. The van der Waals surface area contributed by atoms with E-state index in [0.717, 1.165) is 24.6 Å². The summed E-state index contributed by atoms with van der Waals surface area (Å²) in [5.41, 5.74) is 0.734. The lowest BCUT2D eigenvalue weighted by atomic mass is 9.99. The topological polar surface area (TPSA) is 88.3 Å². The summed E-state index contributed by atoms with van der Waals surface area (Å²) in [5, 5.41) is 4.58. The van der Waals surface area contributed by atoms with Crippen LogP contribution in [0.25, 0.3) is 22.2 Å². The van der Waals surface area contributed by atoms with Crippen molar-refractivity contribution in [3.8, 4) is 22.2 Å². The number of likely N-dealkylation sites (tertiary alicyclic amines) is 1. The van der Waals surface area contributed by atoms with E-state index in [4.69, 9.17) is 16.1 Å². The van der Waals surface area contributed by atoms with Crippen molar-refractivity contribution in [2.24, 2.45) is 5.92 Å². The molecule has 4 rings (SSSR count). The lowest BCUT2D eigenvalue weighted by molar-refractivity contribution is 0.195. The molecule has 166 valence electrons. The van der Waals surface area contributed by atoms with Gasteiger partial charge in [-0.25, -0.2) is 13.1 Å². The minimum atomic E-state index is -3.61. The highest BCUT2D eigenvalue weighted by molar-refractivity contribution is 7.89. The number of thiophene rings is 1. The Morgan fingerprint density at radius 2 is 2.06 bits per heavy atom. The Hall–Kier alpha value is -1.78. The molecule has 1 saturated heterocycles. The Kier molecular flexibility index (Phi) is 6.78. The molecule has 0 bridgehead atoms. The van der Waals surface area contributed by atoms with Gasteiger partial charge in [-0.05, 0) is 57.0 Å². The van der Waals surface area contributed by atoms with E-state index in [-0.39, 0.29) is 10.8 Å². The van der Waals surface area contributed by atoms with E-state index in [0.29, 0.717) is 33.7 Å². The number of nitrogens with zero attached hydrogens (tertiary/aromatic N) is 3. The van der Waals surface area contributed by atoms with E-state index in [1.165, 1.54) is 24.2 Å². The standard InChI is InChI=1S/C21H25ClN4O3S2/c1-14-6-9-26(10-7-14)11-8-23-31(27,28)19-13-18(30-15(19)2)21-24-20(25-29-21)16-4-3-5-17(22)12-16/h3-5,12-14,23H,6-11H2,1-2H3. The number of sulfonamides is 1. The number of aryl methyl sites for hydroxylation is 1. The smallest absolute Gasteiger partial charge is 0.268 e. The summed E-state index contributed by atoms with van der Waals surface area (Å²) in [7, 11) is -3.61. The molecular formula is C21H25ClN4O3S2. The van der Waals surface area contributed by atoms with Gasteiger partial charge >= 0.3 is 0 Å². The van der Waals surface area contributed by atoms with E-state index < -0.39 is 10.0 Å². The summed E-state index contributed by atoms with van der Waals surface area (Å²) >= 11 is 7.35. The minimum absolute atomic E-state index is 0.252. The molecule has 0 atom stereocenters. The van der Waals surface area contributed by atoms with E-state index in [9.17, 15) is 8.42 Å². The molecule has 0 saturated carbocycles. The molecule has 7 nitrogen and oxygen atoms in total. The Bertz CT molecular complexity index is 1150. The van der Waals surface area contributed by atoms with E-state index in [1.807, 2.05) is 12.1 Å². The second kappa shape index (κ2) is 9.38. The maximum Gasteiger partial charge on any atom is 0.268 e. The van der Waals surface area contributed by atoms with Gasteiger partial charge in [-0.1, -0.05) is 35.8 Å². The van der Waals surface area contributed by atoms with Crippen LogP contribution in [0.4, 0.5) is 0 Å². The first-order valence-corrected chi connectivity index (χ1v) is 12.9. The van der Waals surface area contributed by atoms with Crippen molar-refractivity contribution < 1.29 is 12.9 Å². The van der Waals surface area contributed by atoms with E-state index in [1.54, 1.807) is 25.1 Å². The van der Waals surface area contributed by atoms with Crippen LogP contribution >= 0.6 is 22.9 Å². The first kappa shape index (κ1) is 22.4. The van der Waals surface area contributed by atoms with E-state index >= 15 is 0 Å². The molecule has 0 aliphatic carbocycles. The quantitative estimate of drug-likeness (QED) is 0.538. The van der Waals surface area contributed by atoms with Crippen LogP contribution in [0.3, 0.4) is 0 Å². The fraction of sp³-hybridized carbons (Fsp3) is 0.429. The maximum absolute atomic E-state index is 12.9. The monoisotopic (exact) mass is 480 g/mol. The number of hydrogen-bond acceptors (Lipinski definition) is 7. The lowest BCUT2D eigenvalue weighted by Crippen LogP contribution is -2.39. The minimum Gasteiger partial charge on any atom is -0.333 e. The second-order valence-electron chi connectivity index (χ2n) is 7.89. The molecule has 3 heterocycles. The van der Waals surface area contributed by atoms with Crippen molar-refractivity contribution in [2.45, 2.75) is 31.6 Å². The van der Waals surface area contributed by atoms with Crippen molar-refractivity contribution in [1.82, 2.24) is 19.8 Å². The molecule has 1 N–H and O–H groups in total. The molecule has 2 aromatic heterocycles. The lowest BCUT2D eigenvalue weighted by Gasteiger charge is -2.30. The predicted octanol–water partition coefficient (Wildman–Crippen LogP) is 4.44. The van der Waals surface area contributed by atoms with Crippen LogP contribution in [-0.2, 0) is 10.0 Å². The number of halogens is 1. The van der Waals surface area contributed by atoms with Crippen LogP contribution in [0.15, 0.2) is 39.8 Å². The summed E-state index contributed by atoms with van der Waals surface area (Å²) in [6, 6.07) is 8.76. The average Bonchev–Trinajstić information content (AvgIpc) is 3.37. The van der Waals surface area contributed by atoms with Crippen LogP contribution < -0.4 is 4.72 Å². The van der Waals surface area contributed by atoms with Gasteiger partial charge in [0, 0.05) is 28.6 Å². The highest BCUT2D eigenvalue weighted by Crippen LogP contribution is 2.33.